The monoisotopic (exact) mass is 565 g/mol. The van der Waals surface area contributed by atoms with Crippen molar-refractivity contribution in [2.45, 2.75) is 49.8 Å². The Kier molecular flexibility index (Phi) is 9.22. The minimum absolute atomic E-state index is 0.105. The number of piperazine rings is 1. The van der Waals surface area contributed by atoms with Crippen LogP contribution in [0.3, 0.4) is 0 Å². The standard InChI is InChI=1S/C31H40FN5O4/c1-40-20-31(39)15-7-6-13-26(31)37-21-35-28(29(37)22-9-4-3-5-10-22)30(38)36-18-17-33-19-23(36)14-16-34-24-11-8-12-25(41-2)27(24)32/h3-5,8-12,21,23,26,33-34,39H,6-7,13-20H2,1-2H3/t23-,26-,31-/m1/s1. The van der Waals surface area contributed by atoms with Gasteiger partial charge in [0, 0.05) is 44.9 Å². The van der Waals surface area contributed by atoms with E-state index in [-0.39, 0.29) is 30.3 Å². The Bertz CT molecular complexity index is 1320. The number of imidazole rings is 1. The molecule has 10 heteroatoms. The van der Waals surface area contributed by atoms with Crippen LogP contribution in [0.15, 0.2) is 54.9 Å². The third-order valence-corrected chi connectivity index (χ3v) is 8.32. The molecule has 0 radical (unpaired) electrons. The molecule has 5 rings (SSSR count). The number of hydrogen-bond donors (Lipinski definition) is 3. The lowest BCUT2D eigenvalue weighted by molar-refractivity contribution is -0.0893. The van der Waals surface area contributed by atoms with E-state index in [4.69, 9.17) is 9.47 Å². The highest BCUT2D eigenvalue weighted by Crippen LogP contribution is 2.41. The van der Waals surface area contributed by atoms with Gasteiger partial charge < -0.3 is 34.7 Å². The van der Waals surface area contributed by atoms with Crippen LogP contribution in [0.4, 0.5) is 10.1 Å². The van der Waals surface area contributed by atoms with E-state index in [1.165, 1.54) is 7.11 Å². The van der Waals surface area contributed by atoms with E-state index in [2.05, 4.69) is 15.6 Å². The second-order valence-corrected chi connectivity index (χ2v) is 10.9. The molecule has 220 valence electrons. The molecule has 41 heavy (non-hydrogen) atoms. The first-order valence-electron chi connectivity index (χ1n) is 14.4. The van der Waals surface area contributed by atoms with E-state index in [0.29, 0.717) is 56.1 Å². The molecule has 1 aromatic heterocycles. The van der Waals surface area contributed by atoms with E-state index < -0.39 is 11.4 Å². The quantitative estimate of drug-likeness (QED) is 0.340. The van der Waals surface area contributed by atoms with Gasteiger partial charge in [-0.3, -0.25) is 4.79 Å². The zero-order chi connectivity index (χ0) is 28.8. The number of carbonyl (C=O) groups excluding carboxylic acids is 1. The number of ether oxygens (including phenoxy) is 2. The number of aromatic nitrogens is 2. The summed E-state index contributed by atoms with van der Waals surface area (Å²) in [5.41, 5.74) is 1.29. The predicted molar refractivity (Wildman–Crippen MR) is 156 cm³/mol. The van der Waals surface area contributed by atoms with Crippen LogP contribution in [0.25, 0.3) is 11.3 Å². The summed E-state index contributed by atoms with van der Waals surface area (Å²) in [4.78, 5) is 20.8. The van der Waals surface area contributed by atoms with Crippen LogP contribution in [-0.4, -0.2) is 84.1 Å². The van der Waals surface area contributed by atoms with Gasteiger partial charge in [-0.15, -0.1) is 0 Å². The number of hydrogen-bond acceptors (Lipinski definition) is 7. The topological polar surface area (TPSA) is 101 Å². The molecule has 3 N–H and O–H groups in total. The maximum atomic E-state index is 14.6. The van der Waals surface area contributed by atoms with Gasteiger partial charge in [0.2, 0.25) is 0 Å². The number of halogens is 1. The van der Waals surface area contributed by atoms with Crippen molar-refractivity contribution in [3.05, 3.63) is 66.4 Å². The largest absolute Gasteiger partial charge is 0.494 e. The third kappa shape index (κ3) is 6.10. The normalized spacial score (nSPS) is 22.9. The molecular formula is C31H40FN5O4. The SMILES string of the molecule is COC[C@]1(O)CCCC[C@H]1n1cnc(C(=O)N2CCNC[C@H]2CCNc2cccc(OC)c2F)c1-c1ccccc1. The van der Waals surface area contributed by atoms with Crippen molar-refractivity contribution in [3.63, 3.8) is 0 Å². The van der Waals surface area contributed by atoms with Crippen molar-refractivity contribution < 1.29 is 23.8 Å². The lowest BCUT2D eigenvalue weighted by atomic mass is 9.80. The fourth-order valence-corrected chi connectivity index (χ4v) is 6.26. The first-order chi connectivity index (χ1) is 20.0. The van der Waals surface area contributed by atoms with Gasteiger partial charge in [-0.05, 0) is 31.4 Å². The van der Waals surface area contributed by atoms with Gasteiger partial charge in [0.15, 0.2) is 17.3 Å². The van der Waals surface area contributed by atoms with Gasteiger partial charge >= 0.3 is 0 Å². The van der Waals surface area contributed by atoms with Gasteiger partial charge in [0.1, 0.15) is 5.60 Å². The average molecular weight is 566 g/mol. The summed E-state index contributed by atoms with van der Waals surface area (Å²) >= 11 is 0. The van der Waals surface area contributed by atoms with Gasteiger partial charge in [0.05, 0.1) is 37.5 Å². The minimum Gasteiger partial charge on any atom is -0.494 e. The molecular weight excluding hydrogens is 525 g/mol. The van der Waals surface area contributed by atoms with E-state index in [1.807, 2.05) is 39.8 Å². The zero-order valence-corrected chi connectivity index (χ0v) is 23.8. The smallest absolute Gasteiger partial charge is 0.275 e. The van der Waals surface area contributed by atoms with Crippen LogP contribution < -0.4 is 15.4 Å². The van der Waals surface area contributed by atoms with E-state index >= 15 is 0 Å². The van der Waals surface area contributed by atoms with Gasteiger partial charge in [-0.2, -0.15) is 0 Å². The number of anilines is 1. The fraction of sp³-hybridized carbons (Fsp3) is 0.484. The number of nitrogens with one attached hydrogen (secondary N) is 2. The second-order valence-electron chi connectivity index (χ2n) is 10.9. The number of methoxy groups -OCH3 is 2. The van der Waals surface area contributed by atoms with Crippen LogP contribution in [0.1, 0.15) is 48.6 Å². The Labute approximate surface area is 240 Å². The first kappa shape index (κ1) is 29.0. The molecule has 1 amide bonds. The summed E-state index contributed by atoms with van der Waals surface area (Å²) < 4.78 is 27.1. The fourth-order valence-electron chi connectivity index (χ4n) is 6.26. The Morgan fingerprint density at radius 2 is 2.02 bits per heavy atom. The molecule has 3 aromatic rings. The molecule has 0 spiro atoms. The first-order valence-corrected chi connectivity index (χ1v) is 14.4. The predicted octanol–water partition coefficient (Wildman–Crippen LogP) is 4.11. The number of amides is 1. The second kappa shape index (κ2) is 13.0. The summed E-state index contributed by atoms with van der Waals surface area (Å²) in [6, 6.07) is 14.4. The number of carbonyl (C=O) groups is 1. The molecule has 2 fully saturated rings. The third-order valence-electron chi connectivity index (χ3n) is 8.32. The van der Waals surface area contributed by atoms with Crippen molar-refractivity contribution in [3.8, 4) is 17.0 Å². The van der Waals surface area contributed by atoms with Gasteiger partial charge in [-0.25, -0.2) is 9.37 Å². The average Bonchev–Trinajstić information content (AvgIpc) is 3.43. The number of benzene rings is 2. The summed E-state index contributed by atoms with van der Waals surface area (Å²) in [5, 5.41) is 18.2. The molecule has 0 bridgehead atoms. The Balaban J connectivity index is 1.41. The highest BCUT2D eigenvalue weighted by Gasteiger charge is 2.42. The lowest BCUT2D eigenvalue weighted by Crippen LogP contribution is -2.54. The number of nitrogens with zero attached hydrogens (tertiary/aromatic N) is 3. The summed E-state index contributed by atoms with van der Waals surface area (Å²) in [6.07, 6.45) is 5.62. The van der Waals surface area contributed by atoms with E-state index in [1.54, 1.807) is 31.6 Å². The van der Waals surface area contributed by atoms with Crippen LogP contribution in [0, 0.1) is 5.82 Å². The Morgan fingerprint density at radius 3 is 2.80 bits per heavy atom. The van der Waals surface area contributed by atoms with Crippen LogP contribution in [-0.2, 0) is 4.74 Å². The zero-order valence-electron chi connectivity index (χ0n) is 23.8. The minimum atomic E-state index is -1.05. The maximum absolute atomic E-state index is 14.6. The summed E-state index contributed by atoms with van der Waals surface area (Å²) in [5.74, 6) is -0.392. The molecule has 9 nitrogen and oxygen atoms in total. The highest BCUT2D eigenvalue weighted by molar-refractivity contribution is 5.98. The number of rotatable bonds is 10. The van der Waals surface area contributed by atoms with Crippen molar-refractivity contribution in [1.29, 1.82) is 0 Å². The maximum Gasteiger partial charge on any atom is 0.275 e. The lowest BCUT2D eigenvalue weighted by Gasteiger charge is -2.41. The van der Waals surface area contributed by atoms with Crippen molar-refractivity contribution in [2.75, 3.05) is 52.3 Å². The van der Waals surface area contributed by atoms with E-state index in [9.17, 15) is 14.3 Å². The molecule has 1 aliphatic heterocycles. The van der Waals surface area contributed by atoms with Gasteiger partial charge in [0.25, 0.3) is 5.91 Å². The number of aliphatic hydroxyl groups is 1. The van der Waals surface area contributed by atoms with Crippen LogP contribution >= 0.6 is 0 Å². The van der Waals surface area contributed by atoms with E-state index in [0.717, 1.165) is 24.8 Å². The molecule has 1 aliphatic carbocycles. The molecule has 2 heterocycles. The molecule has 2 aliphatic rings. The molecule has 3 atom stereocenters. The van der Waals surface area contributed by atoms with Crippen molar-refractivity contribution in [2.24, 2.45) is 0 Å². The molecule has 0 unspecified atom stereocenters. The van der Waals surface area contributed by atoms with Gasteiger partial charge in [-0.1, -0.05) is 49.2 Å². The van der Waals surface area contributed by atoms with Crippen LogP contribution in [0.2, 0.25) is 0 Å². The van der Waals surface area contributed by atoms with Crippen LogP contribution in [0.5, 0.6) is 5.75 Å². The highest BCUT2D eigenvalue weighted by atomic mass is 19.1. The summed E-state index contributed by atoms with van der Waals surface area (Å²) in [7, 11) is 3.05. The molecule has 1 saturated carbocycles. The Morgan fingerprint density at radius 1 is 1.20 bits per heavy atom. The molecule has 2 aromatic carbocycles. The Hall–Kier alpha value is -3.47. The van der Waals surface area contributed by atoms with Crippen molar-refractivity contribution in [1.82, 2.24) is 19.8 Å². The molecule has 1 saturated heterocycles. The van der Waals surface area contributed by atoms with Crippen molar-refractivity contribution >= 4 is 11.6 Å². The summed E-state index contributed by atoms with van der Waals surface area (Å²) in [6.45, 7) is 2.54.